The Morgan fingerprint density at radius 1 is 1.19 bits per heavy atom. The molecule has 0 bridgehead atoms. The van der Waals surface area contributed by atoms with Gasteiger partial charge in [-0.1, -0.05) is 24.3 Å². The summed E-state index contributed by atoms with van der Waals surface area (Å²) in [5.74, 6) is 0.0707. The number of amides is 1. The lowest BCUT2D eigenvalue weighted by Gasteiger charge is -2.31. The van der Waals surface area contributed by atoms with E-state index in [9.17, 15) is 14.7 Å². The topological polar surface area (TPSA) is 114 Å². The highest BCUT2D eigenvalue weighted by molar-refractivity contribution is 6.09. The maximum atomic E-state index is 12.7. The van der Waals surface area contributed by atoms with Gasteiger partial charge in [0.05, 0.1) is 19.4 Å². The molecule has 9 nitrogen and oxygen atoms in total. The fourth-order valence-electron chi connectivity index (χ4n) is 3.33. The van der Waals surface area contributed by atoms with Crippen LogP contribution in [-0.4, -0.2) is 47.2 Å². The highest BCUT2D eigenvalue weighted by atomic mass is 16.5. The van der Waals surface area contributed by atoms with Gasteiger partial charge in [-0.15, -0.1) is 0 Å². The first-order valence-corrected chi connectivity index (χ1v) is 9.60. The number of anilines is 3. The average Bonchev–Trinajstić information content (AvgIpc) is 2.78. The number of rotatable bonds is 5. The van der Waals surface area contributed by atoms with Gasteiger partial charge in [-0.05, 0) is 31.2 Å². The van der Waals surface area contributed by atoms with Crippen molar-refractivity contribution in [2.45, 2.75) is 6.92 Å². The number of nitrogens with one attached hydrogen (secondary N) is 1. The molecule has 0 radical (unpaired) electrons. The number of ether oxygens (including phenoxy) is 2. The minimum atomic E-state index is -0.690. The summed E-state index contributed by atoms with van der Waals surface area (Å²) in [7, 11) is 1.53. The molecule has 0 aliphatic carbocycles. The molecule has 4 rings (SSSR count). The summed E-state index contributed by atoms with van der Waals surface area (Å²) in [5.41, 5.74) is 1.20. The second-order valence-corrected chi connectivity index (χ2v) is 6.67. The average molecular weight is 420 g/mol. The molecule has 31 heavy (non-hydrogen) atoms. The zero-order chi connectivity index (χ0) is 22.0. The van der Waals surface area contributed by atoms with Crippen molar-refractivity contribution in [3.8, 4) is 22.9 Å². The first kappa shape index (κ1) is 20.1. The lowest BCUT2D eigenvalue weighted by Crippen LogP contribution is -2.37. The molecule has 0 spiro atoms. The molecular weight excluding hydrogens is 400 g/mol. The van der Waals surface area contributed by atoms with Crippen LogP contribution in [0.25, 0.3) is 11.4 Å². The van der Waals surface area contributed by atoms with Gasteiger partial charge in [0.15, 0.2) is 17.3 Å². The number of phenolic OH excluding ortho intramolecular Hbond substituents is 1. The lowest BCUT2D eigenvalue weighted by atomic mass is 10.1. The molecule has 0 saturated carbocycles. The van der Waals surface area contributed by atoms with Gasteiger partial charge < -0.3 is 24.8 Å². The first-order valence-electron chi connectivity index (χ1n) is 9.60. The number of aromatic hydroxyl groups is 1. The van der Waals surface area contributed by atoms with Crippen LogP contribution in [0.1, 0.15) is 17.4 Å². The normalized spacial score (nSPS) is 12.7. The van der Waals surface area contributed by atoms with Gasteiger partial charge >= 0.3 is 5.97 Å². The van der Waals surface area contributed by atoms with Crippen molar-refractivity contribution >= 4 is 29.1 Å². The molecule has 1 aromatic heterocycles. The van der Waals surface area contributed by atoms with Crippen molar-refractivity contribution in [1.29, 1.82) is 0 Å². The Morgan fingerprint density at radius 3 is 2.74 bits per heavy atom. The van der Waals surface area contributed by atoms with Gasteiger partial charge in [0.25, 0.3) is 0 Å². The number of aromatic nitrogens is 2. The van der Waals surface area contributed by atoms with Crippen molar-refractivity contribution < 1.29 is 24.2 Å². The van der Waals surface area contributed by atoms with E-state index < -0.39 is 5.97 Å². The summed E-state index contributed by atoms with van der Waals surface area (Å²) in [4.78, 5) is 35.8. The van der Waals surface area contributed by atoms with E-state index >= 15 is 0 Å². The van der Waals surface area contributed by atoms with Gasteiger partial charge in [-0.2, -0.15) is 0 Å². The number of nitrogens with zero attached hydrogens (tertiary/aromatic N) is 3. The summed E-state index contributed by atoms with van der Waals surface area (Å²) >= 11 is 0. The van der Waals surface area contributed by atoms with Crippen LogP contribution in [0, 0.1) is 0 Å². The maximum absolute atomic E-state index is 12.7. The Balaban J connectivity index is 1.96. The predicted octanol–water partition coefficient (Wildman–Crippen LogP) is 3.12. The number of esters is 1. The van der Waals surface area contributed by atoms with Gasteiger partial charge in [0.1, 0.15) is 23.7 Å². The van der Waals surface area contributed by atoms with Crippen LogP contribution in [0.3, 0.4) is 0 Å². The van der Waals surface area contributed by atoms with Gasteiger partial charge in [-0.3, -0.25) is 4.79 Å². The Bertz CT molecular complexity index is 1160. The van der Waals surface area contributed by atoms with E-state index in [1.54, 1.807) is 36.1 Å². The highest BCUT2D eigenvalue weighted by Crippen LogP contribution is 2.40. The Kier molecular flexibility index (Phi) is 5.40. The van der Waals surface area contributed by atoms with Gasteiger partial charge in [-0.25, -0.2) is 14.8 Å². The van der Waals surface area contributed by atoms with Crippen molar-refractivity contribution in [3.63, 3.8) is 0 Å². The van der Waals surface area contributed by atoms with Crippen LogP contribution in [0.5, 0.6) is 11.5 Å². The summed E-state index contributed by atoms with van der Waals surface area (Å²) in [5, 5.41) is 12.6. The smallest absolute Gasteiger partial charge is 0.359 e. The van der Waals surface area contributed by atoms with E-state index in [4.69, 9.17) is 9.47 Å². The van der Waals surface area contributed by atoms with Crippen molar-refractivity contribution in [2.75, 3.05) is 30.5 Å². The van der Waals surface area contributed by atoms with E-state index in [0.717, 1.165) is 0 Å². The quantitative estimate of drug-likeness (QED) is 0.605. The molecular formula is C22H20N4O5. The highest BCUT2D eigenvalue weighted by Gasteiger charge is 2.32. The second kappa shape index (κ2) is 8.31. The largest absolute Gasteiger partial charge is 0.508 e. The molecule has 0 fully saturated rings. The molecule has 2 N–H and O–H groups in total. The second-order valence-electron chi connectivity index (χ2n) is 6.67. The number of phenols is 1. The predicted molar refractivity (Wildman–Crippen MR) is 114 cm³/mol. The van der Waals surface area contributed by atoms with E-state index in [0.29, 0.717) is 22.8 Å². The van der Waals surface area contributed by atoms with Crippen molar-refractivity contribution in [2.24, 2.45) is 0 Å². The van der Waals surface area contributed by atoms with Crippen LogP contribution < -0.4 is 15.0 Å². The van der Waals surface area contributed by atoms with E-state index in [1.165, 1.54) is 19.2 Å². The molecule has 1 aliphatic rings. The molecule has 0 unspecified atom stereocenters. The first-order chi connectivity index (χ1) is 15.0. The standard InChI is InChI=1S/C22H20N4O5/c1-3-31-22(29)19-18-21(25-20(24-19)13-7-6-8-14(27)11-13)26(12-17(28)23-18)15-9-4-5-10-16(15)30-2/h4-11,27H,3,12H2,1-2H3,(H,23,28). The van der Waals surface area contributed by atoms with Crippen LogP contribution in [0.15, 0.2) is 48.5 Å². The third-order valence-electron chi connectivity index (χ3n) is 4.66. The Hall–Kier alpha value is -4.14. The maximum Gasteiger partial charge on any atom is 0.359 e. The van der Waals surface area contributed by atoms with Crippen LogP contribution in [-0.2, 0) is 9.53 Å². The van der Waals surface area contributed by atoms with Crippen molar-refractivity contribution in [1.82, 2.24) is 9.97 Å². The number of carbonyl (C=O) groups excluding carboxylic acids is 2. The minimum absolute atomic E-state index is 0.0337. The van der Waals surface area contributed by atoms with E-state index in [2.05, 4.69) is 15.3 Å². The number of benzene rings is 2. The van der Waals surface area contributed by atoms with E-state index in [-0.39, 0.29) is 42.0 Å². The summed E-state index contributed by atoms with van der Waals surface area (Å²) in [6.07, 6.45) is 0. The Morgan fingerprint density at radius 2 is 2.00 bits per heavy atom. The molecule has 0 saturated heterocycles. The number of carbonyl (C=O) groups is 2. The molecule has 158 valence electrons. The molecule has 2 heterocycles. The molecule has 1 amide bonds. The van der Waals surface area contributed by atoms with Gasteiger partial charge in [0, 0.05) is 5.56 Å². The number of hydrogen-bond acceptors (Lipinski definition) is 8. The number of fused-ring (bicyclic) bond motifs is 1. The molecule has 1 aliphatic heterocycles. The van der Waals surface area contributed by atoms with Crippen LogP contribution in [0.4, 0.5) is 17.2 Å². The van der Waals surface area contributed by atoms with Crippen molar-refractivity contribution in [3.05, 3.63) is 54.2 Å². The lowest BCUT2D eigenvalue weighted by molar-refractivity contribution is -0.115. The number of para-hydroxylation sites is 2. The summed E-state index contributed by atoms with van der Waals surface area (Å²) in [6.45, 7) is 1.79. The summed E-state index contributed by atoms with van der Waals surface area (Å²) in [6, 6.07) is 13.6. The van der Waals surface area contributed by atoms with Crippen LogP contribution in [0.2, 0.25) is 0 Å². The van der Waals surface area contributed by atoms with Gasteiger partial charge in [0.2, 0.25) is 5.91 Å². The monoisotopic (exact) mass is 420 g/mol. The molecule has 0 atom stereocenters. The fraction of sp³-hybridized carbons (Fsp3) is 0.182. The Labute approximate surface area is 178 Å². The SMILES string of the molecule is CCOC(=O)c1nc(-c2cccc(O)c2)nc2c1NC(=O)CN2c1ccccc1OC. The third kappa shape index (κ3) is 3.85. The summed E-state index contributed by atoms with van der Waals surface area (Å²) < 4.78 is 10.6. The molecule has 3 aromatic rings. The molecule has 2 aromatic carbocycles. The molecule has 9 heteroatoms. The van der Waals surface area contributed by atoms with Crippen LogP contribution >= 0.6 is 0 Å². The van der Waals surface area contributed by atoms with E-state index in [1.807, 2.05) is 12.1 Å². The fourth-order valence-corrected chi connectivity index (χ4v) is 3.33. The third-order valence-corrected chi connectivity index (χ3v) is 4.66. The zero-order valence-corrected chi connectivity index (χ0v) is 17.0. The zero-order valence-electron chi connectivity index (χ0n) is 17.0. The number of hydrogen-bond donors (Lipinski definition) is 2. The number of methoxy groups -OCH3 is 1. The minimum Gasteiger partial charge on any atom is -0.508 e.